The van der Waals surface area contributed by atoms with E-state index in [0.29, 0.717) is 30.2 Å². The lowest BCUT2D eigenvalue weighted by Crippen LogP contribution is -2.28. The van der Waals surface area contributed by atoms with Gasteiger partial charge in [0.05, 0.1) is 26.1 Å². The number of rotatable bonds is 7. The summed E-state index contributed by atoms with van der Waals surface area (Å²) in [6.45, 7) is 4.10. The van der Waals surface area contributed by atoms with E-state index in [2.05, 4.69) is 27.4 Å². The first-order valence-corrected chi connectivity index (χ1v) is 7.06. The molecule has 0 radical (unpaired) electrons. The molecule has 7 nitrogen and oxygen atoms in total. The molecule has 0 atom stereocenters. The van der Waals surface area contributed by atoms with E-state index in [9.17, 15) is 4.79 Å². The first kappa shape index (κ1) is 16.4. The molecule has 23 heavy (non-hydrogen) atoms. The molecule has 0 saturated heterocycles. The zero-order valence-corrected chi connectivity index (χ0v) is 13.2. The number of ether oxygens (including phenoxy) is 2. The third-order valence-electron chi connectivity index (χ3n) is 3.19. The van der Waals surface area contributed by atoms with Gasteiger partial charge in [-0.1, -0.05) is 6.08 Å². The average molecular weight is 316 g/mol. The van der Waals surface area contributed by atoms with Crippen molar-refractivity contribution in [2.24, 2.45) is 0 Å². The van der Waals surface area contributed by atoms with Crippen LogP contribution in [0, 0.1) is 0 Å². The van der Waals surface area contributed by atoms with Gasteiger partial charge in [0.25, 0.3) is 0 Å². The van der Waals surface area contributed by atoms with Crippen LogP contribution in [0.15, 0.2) is 37.2 Å². The fraction of sp³-hybridized carbons (Fsp3) is 0.250. The molecule has 2 aromatic rings. The summed E-state index contributed by atoms with van der Waals surface area (Å²) in [4.78, 5) is 11.8. The molecule has 122 valence electrons. The van der Waals surface area contributed by atoms with Crippen LogP contribution >= 0.6 is 0 Å². The number of methoxy groups -OCH3 is 2. The lowest BCUT2D eigenvalue weighted by molar-refractivity contribution is 0.251. The van der Waals surface area contributed by atoms with Gasteiger partial charge in [0, 0.05) is 18.3 Å². The molecule has 0 aliphatic heterocycles. The topological polar surface area (TPSA) is 88.3 Å². The second kappa shape index (κ2) is 7.88. The van der Waals surface area contributed by atoms with E-state index < -0.39 is 0 Å². The van der Waals surface area contributed by atoms with Crippen molar-refractivity contribution < 1.29 is 14.3 Å². The Morgan fingerprint density at radius 3 is 2.83 bits per heavy atom. The highest BCUT2D eigenvalue weighted by Gasteiger charge is 2.12. The Morgan fingerprint density at radius 1 is 1.39 bits per heavy atom. The molecule has 1 aromatic heterocycles. The molecule has 2 rings (SSSR count). The van der Waals surface area contributed by atoms with Gasteiger partial charge in [0.15, 0.2) is 11.5 Å². The number of anilines is 1. The molecule has 0 aliphatic rings. The largest absolute Gasteiger partial charge is 0.493 e. The number of hydrogen-bond acceptors (Lipinski definition) is 4. The van der Waals surface area contributed by atoms with Gasteiger partial charge in [-0.3, -0.25) is 5.10 Å². The molecule has 1 aromatic carbocycles. The number of aromatic amines is 1. The molecule has 0 aliphatic carbocycles. The van der Waals surface area contributed by atoms with Crippen LogP contribution in [0.3, 0.4) is 0 Å². The molecule has 0 bridgehead atoms. The number of urea groups is 1. The highest BCUT2D eigenvalue weighted by Crippen LogP contribution is 2.33. The second-order valence-electron chi connectivity index (χ2n) is 4.78. The van der Waals surface area contributed by atoms with Crippen molar-refractivity contribution >= 4 is 11.7 Å². The van der Waals surface area contributed by atoms with Crippen molar-refractivity contribution in [3.63, 3.8) is 0 Å². The molecular weight excluding hydrogens is 296 g/mol. The van der Waals surface area contributed by atoms with E-state index in [1.807, 2.05) is 12.1 Å². The number of carbonyl (C=O) groups is 1. The van der Waals surface area contributed by atoms with Gasteiger partial charge in [0.2, 0.25) is 0 Å². The Hall–Kier alpha value is -2.96. The number of carbonyl (C=O) groups excluding carboxylic acids is 1. The van der Waals surface area contributed by atoms with Crippen molar-refractivity contribution in [2.45, 2.75) is 13.0 Å². The smallest absolute Gasteiger partial charge is 0.319 e. The summed E-state index contributed by atoms with van der Waals surface area (Å²) in [7, 11) is 3.18. The van der Waals surface area contributed by atoms with Crippen LogP contribution in [0.25, 0.3) is 0 Å². The van der Waals surface area contributed by atoms with Gasteiger partial charge in [0.1, 0.15) is 0 Å². The van der Waals surface area contributed by atoms with E-state index in [1.54, 1.807) is 26.5 Å². The van der Waals surface area contributed by atoms with Gasteiger partial charge < -0.3 is 20.1 Å². The van der Waals surface area contributed by atoms with Gasteiger partial charge >= 0.3 is 6.03 Å². The summed E-state index contributed by atoms with van der Waals surface area (Å²) < 4.78 is 10.7. The summed E-state index contributed by atoms with van der Waals surface area (Å²) >= 11 is 0. The van der Waals surface area contributed by atoms with Crippen molar-refractivity contribution in [3.05, 3.63) is 48.3 Å². The molecule has 0 saturated carbocycles. The number of aromatic nitrogens is 2. The number of benzene rings is 1. The van der Waals surface area contributed by atoms with Crippen LogP contribution in [0.1, 0.15) is 11.1 Å². The Kier molecular flexibility index (Phi) is 5.62. The first-order chi connectivity index (χ1) is 11.2. The van der Waals surface area contributed by atoms with Crippen LogP contribution in [0.5, 0.6) is 11.5 Å². The Bertz CT molecular complexity index is 668. The predicted molar refractivity (Wildman–Crippen MR) is 87.9 cm³/mol. The normalized spacial score (nSPS) is 10.0. The second-order valence-corrected chi connectivity index (χ2v) is 4.78. The average Bonchev–Trinajstić information content (AvgIpc) is 3.05. The quantitative estimate of drug-likeness (QED) is 0.685. The minimum absolute atomic E-state index is 0.313. The van der Waals surface area contributed by atoms with E-state index in [0.717, 1.165) is 11.1 Å². The number of nitrogens with zero attached hydrogens (tertiary/aromatic N) is 1. The fourth-order valence-electron chi connectivity index (χ4n) is 2.19. The van der Waals surface area contributed by atoms with Gasteiger partial charge in [-0.15, -0.1) is 6.58 Å². The summed E-state index contributed by atoms with van der Waals surface area (Å²) in [5, 5.41) is 11.8. The van der Waals surface area contributed by atoms with Crippen LogP contribution < -0.4 is 20.1 Å². The van der Waals surface area contributed by atoms with Crippen molar-refractivity contribution in [3.8, 4) is 11.5 Å². The third-order valence-corrected chi connectivity index (χ3v) is 3.19. The predicted octanol–water partition coefficient (Wildman–Crippen LogP) is 2.48. The molecule has 0 spiro atoms. The van der Waals surface area contributed by atoms with Gasteiger partial charge in [-0.2, -0.15) is 5.10 Å². The number of hydrogen-bond donors (Lipinski definition) is 3. The zero-order chi connectivity index (χ0) is 16.7. The fourth-order valence-corrected chi connectivity index (χ4v) is 2.19. The Balaban J connectivity index is 2.08. The van der Waals surface area contributed by atoms with Crippen LogP contribution in [-0.2, 0) is 13.0 Å². The highest BCUT2D eigenvalue weighted by molar-refractivity contribution is 5.88. The molecular formula is C16H20N4O3. The van der Waals surface area contributed by atoms with Gasteiger partial charge in [-0.25, -0.2) is 4.79 Å². The monoisotopic (exact) mass is 316 g/mol. The first-order valence-electron chi connectivity index (χ1n) is 7.06. The number of H-pyrrole nitrogens is 1. The van der Waals surface area contributed by atoms with Crippen LogP contribution in [0.4, 0.5) is 10.5 Å². The number of allylic oxidation sites excluding steroid dienone is 1. The van der Waals surface area contributed by atoms with Crippen LogP contribution in [-0.4, -0.2) is 30.4 Å². The minimum Gasteiger partial charge on any atom is -0.493 e. The standard InChI is InChI=1S/C16H20N4O3/c1-4-5-12-6-11(7-14(22-2)15(12)23-3)8-17-16(21)20-13-9-18-19-10-13/h4,6-7,9-10H,1,5,8H2,2-3H3,(H,18,19)(H2,17,20,21). The lowest BCUT2D eigenvalue weighted by Gasteiger charge is -2.15. The Labute approximate surface area is 134 Å². The summed E-state index contributed by atoms with van der Waals surface area (Å²) in [6.07, 6.45) is 5.56. The van der Waals surface area contributed by atoms with Crippen molar-refractivity contribution in [2.75, 3.05) is 19.5 Å². The minimum atomic E-state index is -0.313. The van der Waals surface area contributed by atoms with E-state index in [4.69, 9.17) is 9.47 Å². The molecule has 7 heteroatoms. The van der Waals surface area contributed by atoms with Crippen LogP contribution in [0.2, 0.25) is 0 Å². The van der Waals surface area contributed by atoms with E-state index >= 15 is 0 Å². The molecule has 2 amide bonds. The third kappa shape index (κ3) is 4.26. The maximum absolute atomic E-state index is 11.8. The molecule has 0 fully saturated rings. The maximum atomic E-state index is 11.8. The lowest BCUT2D eigenvalue weighted by atomic mass is 10.1. The summed E-state index contributed by atoms with van der Waals surface area (Å²) in [6, 6.07) is 3.48. The zero-order valence-electron chi connectivity index (χ0n) is 13.2. The maximum Gasteiger partial charge on any atom is 0.319 e. The van der Waals surface area contributed by atoms with Crippen molar-refractivity contribution in [1.82, 2.24) is 15.5 Å². The van der Waals surface area contributed by atoms with Crippen molar-refractivity contribution in [1.29, 1.82) is 0 Å². The number of nitrogens with one attached hydrogen (secondary N) is 3. The van der Waals surface area contributed by atoms with E-state index in [-0.39, 0.29) is 6.03 Å². The summed E-state index contributed by atoms with van der Waals surface area (Å²) in [5.41, 5.74) is 2.46. The molecule has 1 heterocycles. The molecule has 3 N–H and O–H groups in total. The van der Waals surface area contributed by atoms with E-state index in [1.165, 1.54) is 6.20 Å². The van der Waals surface area contributed by atoms with Gasteiger partial charge in [-0.05, 0) is 24.1 Å². The SMILES string of the molecule is C=CCc1cc(CNC(=O)Nc2cn[nH]c2)cc(OC)c1OC. The Morgan fingerprint density at radius 2 is 2.22 bits per heavy atom. The molecule has 0 unspecified atom stereocenters. The highest BCUT2D eigenvalue weighted by atomic mass is 16.5. The number of amides is 2. The summed E-state index contributed by atoms with van der Waals surface area (Å²) in [5.74, 6) is 1.30.